The summed E-state index contributed by atoms with van der Waals surface area (Å²) in [4.78, 5) is 0. The van der Waals surface area contributed by atoms with Crippen LogP contribution in [0.3, 0.4) is 0 Å². The highest BCUT2D eigenvalue weighted by Gasteiger charge is 2.52. The fraction of sp³-hybridized carbons (Fsp3) is 0.333. The van der Waals surface area contributed by atoms with Crippen molar-refractivity contribution >= 4 is 21.6 Å². The number of hydrogen-bond donors (Lipinski definition) is 2. The molecular formula is C54H58O10S2. The third-order valence-electron chi connectivity index (χ3n) is 11.5. The second-order valence-electron chi connectivity index (χ2n) is 16.2. The van der Waals surface area contributed by atoms with Gasteiger partial charge in [-0.3, -0.25) is 0 Å². The van der Waals surface area contributed by atoms with E-state index in [0.717, 1.165) is 33.4 Å². The average molecular weight is 931 g/mol. The topological polar surface area (TPSA) is 114 Å². The van der Waals surface area contributed by atoms with Crippen molar-refractivity contribution in [2.75, 3.05) is 13.2 Å². The predicted molar refractivity (Wildman–Crippen MR) is 257 cm³/mol. The molecule has 2 N–H and O–H groups in total. The Balaban J connectivity index is 1.10. The summed E-state index contributed by atoms with van der Waals surface area (Å²) in [7, 11) is 2.83. The Hall–Kier alpha value is -4.38. The van der Waals surface area contributed by atoms with Gasteiger partial charge >= 0.3 is 0 Å². The zero-order valence-corrected chi connectivity index (χ0v) is 38.4. The zero-order chi connectivity index (χ0) is 45.2. The molecule has 2 fully saturated rings. The lowest BCUT2D eigenvalue weighted by atomic mass is 9.99. The first-order chi connectivity index (χ1) is 32.6. The zero-order valence-electron chi connectivity index (χ0n) is 36.7. The lowest BCUT2D eigenvalue weighted by molar-refractivity contribution is -0.252. The second kappa shape index (κ2) is 25.7. The number of ether oxygens (including phenoxy) is 8. The quantitative estimate of drug-likeness (QED) is 0.0598. The highest BCUT2D eigenvalue weighted by molar-refractivity contribution is 8.77. The van der Waals surface area contributed by atoms with E-state index in [0.29, 0.717) is 0 Å². The first-order valence-corrected chi connectivity index (χ1v) is 24.7. The minimum atomic E-state index is -0.760. The third-order valence-corrected chi connectivity index (χ3v) is 14.2. The molecule has 2 heterocycles. The van der Waals surface area contributed by atoms with E-state index in [1.165, 1.54) is 21.6 Å². The van der Waals surface area contributed by atoms with Crippen LogP contribution in [0.2, 0.25) is 0 Å². The number of aliphatic hydroxyl groups excluding tert-OH is 2. The summed E-state index contributed by atoms with van der Waals surface area (Å²) >= 11 is 0. The van der Waals surface area contributed by atoms with Gasteiger partial charge in [0.2, 0.25) is 0 Å². The van der Waals surface area contributed by atoms with E-state index in [9.17, 15) is 10.2 Å². The maximum Gasteiger partial charge on any atom is 0.142 e. The minimum Gasteiger partial charge on any atom is -0.394 e. The average Bonchev–Trinajstić information content (AvgIpc) is 3.38. The molecule has 2 aliphatic heterocycles. The summed E-state index contributed by atoms with van der Waals surface area (Å²) < 4.78 is 54.4. The van der Waals surface area contributed by atoms with Gasteiger partial charge in [0, 0.05) is 0 Å². The second-order valence-corrected chi connectivity index (χ2v) is 18.7. The number of rotatable bonds is 23. The monoisotopic (exact) mass is 930 g/mol. The van der Waals surface area contributed by atoms with E-state index < -0.39 is 59.7 Å². The van der Waals surface area contributed by atoms with Gasteiger partial charge in [-0.2, -0.15) is 0 Å². The van der Waals surface area contributed by atoms with Crippen molar-refractivity contribution < 1.29 is 48.1 Å². The van der Waals surface area contributed by atoms with Gasteiger partial charge in [-0.05, 0) is 33.4 Å². The summed E-state index contributed by atoms with van der Waals surface area (Å²) in [5.74, 6) is 0. The Morgan fingerprint density at radius 2 is 0.515 bits per heavy atom. The molecule has 346 valence electrons. The van der Waals surface area contributed by atoms with Crippen LogP contribution in [-0.4, -0.2) is 83.1 Å². The molecule has 0 saturated carbocycles. The van der Waals surface area contributed by atoms with Crippen LogP contribution in [-0.2, 0) is 77.5 Å². The third kappa shape index (κ3) is 13.6. The van der Waals surface area contributed by atoms with E-state index in [2.05, 4.69) is 0 Å². The molecule has 0 aromatic heterocycles. The molecule has 0 aliphatic carbocycles. The fourth-order valence-corrected chi connectivity index (χ4v) is 10.9. The van der Waals surface area contributed by atoms with Gasteiger partial charge in [-0.1, -0.05) is 204 Å². The summed E-state index contributed by atoms with van der Waals surface area (Å²) in [6.07, 6.45) is -5.58. The van der Waals surface area contributed by atoms with Gasteiger partial charge < -0.3 is 48.1 Å². The lowest BCUT2D eigenvalue weighted by Crippen LogP contribution is -2.61. The summed E-state index contributed by atoms with van der Waals surface area (Å²) in [5, 5.41) is 22.0. The van der Waals surface area contributed by atoms with Crippen LogP contribution < -0.4 is 0 Å². The van der Waals surface area contributed by atoms with E-state index in [4.69, 9.17) is 37.9 Å². The number of aliphatic hydroxyl groups is 2. The van der Waals surface area contributed by atoms with Gasteiger partial charge in [0.1, 0.15) is 59.7 Å². The summed E-state index contributed by atoms with van der Waals surface area (Å²) in [5.41, 5.74) is 4.53. The van der Waals surface area contributed by atoms with Crippen LogP contribution >= 0.6 is 21.6 Å². The largest absolute Gasteiger partial charge is 0.394 e. The van der Waals surface area contributed by atoms with Gasteiger partial charge in [0.15, 0.2) is 0 Å². The minimum absolute atomic E-state index is 0.280. The van der Waals surface area contributed by atoms with Crippen LogP contribution in [0.25, 0.3) is 0 Å². The maximum absolute atomic E-state index is 11.0. The van der Waals surface area contributed by atoms with Gasteiger partial charge in [0.05, 0.1) is 52.9 Å². The first kappa shape index (κ1) is 48.1. The molecule has 6 aromatic rings. The molecule has 2 aliphatic rings. The van der Waals surface area contributed by atoms with E-state index in [1.54, 1.807) is 0 Å². The molecule has 10 nitrogen and oxygen atoms in total. The molecule has 0 radical (unpaired) electrons. The van der Waals surface area contributed by atoms with E-state index in [-0.39, 0.29) is 52.9 Å². The van der Waals surface area contributed by atoms with Crippen LogP contribution in [0.4, 0.5) is 0 Å². The number of hydrogen-bond acceptors (Lipinski definition) is 12. The van der Waals surface area contributed by atoms with E-state index >= 15 is 0 Å². The van der Waals surface area contributed by atoms with Gasteiger partial charge in [-0.15, -0.1) is 0 Å². The van der Waals surface area contributed by atoms with Crippen molar-refractivity contribution in [3.63, 3.8) is 0 Å². The highest BCUT2D eigenvalue weighted by Crippen LogP contribution is 2.45. The Labute approximate surface area is 395 Å². The molecule has 6 aromatic carbocycles. The molecular weight excluding hydrogens is 873 g/mol. The van der Waals surface area contributed by atoms with Crippen molar-refractivity contribution in [3.05, 3.63) is 215 Å². The first-order valence-electron chi connectivity index (χ1n) is 22.4. The lowest BCUT2D eigenvalue weighted by Gasteiger charge is -2.47. The molecule has 2 saturated heterocycles. The van der Waals surface area contributed by atoms with Crippen LogP contribution in [0.1, 0.15) is 33.4 Å². The molecule has 0 spiro atoms. The van der Waals surface area contributed by atoms with E-state index in [1.807, 2.05) is 182 Å². The maximum atomic E-state index is 11.0. The smallest absolute Gasteiger partial charge is 0.142 e. The fourth-order valence-electron chi connectivity index (χ4n) is 8.05. The van der Waals surface area contributed by atoms with Crippen molar-refractivity contribution in [2.45, 2.75) is 99.3 Å². The van der Waals surface area contributed by atoms with Crippen molar-refractivity contribution in [2.24, 2.45) is 0 Å². The van der Waals surface area contributed by atoms with Gasteiger partial charge in [-0.25, -0.2) is 0 Å². The highest BCUT2D eigenvalue weighted by atomic mass is 33.1. The van der Waals surface area contributed by atoms with Gasteiger partial charge in [0.25, 0.3) is 0 Å². The Morgan fingerprint density at radius 3 is 0.742 bits per heavy atom. The standard InChI is InChI=1S/C54H58O10S2/c55-31-45-47(57-33-39-19-7-1-8-20-39)49(59-35-41-23-11-3-12-24-41)51(61-37-43-27-15-5-16-28-43)53(63-45)65-66-54-52(62-38-44-29-17-6-18-30-44)50(60-36-42-25-13-4-14-26-42)48(46(32-56)64-54)58-34-40-21-9-2-10-22-40/h1-30,45-56H,31-38H2/t45-,46-,47-,48-,49+,50+,51-,52-,53-,54-/m1/s1. The SMILES string of the molecule is OC[C@H]1O[C@H](SS[C@H]2O[C@H](CO)[C@@H](OCc3ccccc3)[C@H](OCc3ccccc3)[C@H]2OCc2ccccc2)[C@H](OCc2ccccc2)[C@@H](OCc2ccccc2)[C@@H]1OCc1ccccc1. The van der Waals surface area contributed by atoms with Crippen LogP contribution in [0.5, 0.6) is 0 Å². The molecule has 12 heteroatoms. The van der Waals surface area contributed by atoms with Crippen molar-refractivity contribution in [1.82, 2.24) is 0 Å². The van der Waals surface area contributed by atoms with Crippen LogP contribution in [0.15, 0.2) is 182 Å². The Bertz CT molecular complexity index is 2070. The summed E-state index contributed by atoms with van der Waals surface area (Å²) in [6, 6.07) is 59.7. The number of benzene rings is 6. The molecule has 10 atom stereocenters. The van der Waals surface area contributed by atoms with Crippen molar-refractivity contribution in [3.8, 4) is 0 Å². The van der Waals surface area contributed by atoms with Crippen LogP contribution in [0, 0.1) is 0 Å². The molecule has 0 amide bonds. The summed E-state index contributed by atoms with van der Waals surface area (Å²) in [6.45, 7) is 1.07. The normalized spacial score (nSPS) is 25.4. The predicted octanol–water partition coefficient (Wildman–Crippen LogP) is 9.31. The molecule has 0 unspecified atom stereocenters. The molecule has 0 bridgehead atoms. The Morgan fingerprint density at radius 1 is 0.303 bits per heavy atom. The Kier molecular flexibility index (Phi) is 18.7. The van der Waals surface area contributed by atoms with Crippen molar-refractivity contribution in [1.29, 1.82) is 0 Å². The molecule has 66 heavy (non-hydrogen) atoms. The molecule has 8 rings (SSSR count).